The van der Waals surface area contributed by atoms with Gasteiger partial charge in [0.15, 0.2) is 23.0 Å². The summed E-state index contributed by atoms with van der Waals surface area (Å²) in [6.45, 7) is 6.34. The van der Waals surface area contributed by atoms with Crippen molar-refractivity contribution in [2.75, 3.05) is 65.2 Å². The van der Waals surface area contributed by atoms with E-state index in [0.29, 0.717) is 29.6 Å². The third kappa shape index (κ3) is 4.44. The van der Waals surface area contributed by atoms with Crippen molar-refractivity contribution in [2.45, 2.75) is 12.6 Å². The van der Waals surface area contributed by atoms with Gasteiger partial charge >= 0.3 is 0 Å². The van der Waals surface area contributed by atoms with Crippen molar-refractivity contribution < 1.29 is 18.9 Å². The average Bonchev–Trinajstić information content (AvgIpc) is 3.32. The van der Waals surface area contributed by atoms with E-state index >= 15 is 0 Å². The van der Waals surface area contributed by atoms with E-state index in [9.17, 15) is 0 Å². The normalized spacial score (nSPS) is 20.1. The Morgan fingerprint density at radius 2 is 1.97 bits per heavy atom. The molecule has 0 saturated carbocycles. The molecule has 33 heavy (non-hydrogen) atoms. The fourth-order valence-electron chi connectivity index (χ4n) is 4.40. The summed E-state index contributed by atoms with van der Waals surface area (Å²) in [5, 5.41) is 0. The van der Waals surface area contributed by atoms with Crippen LogP contribution in [0, 0.1) is 0 Å². The average molecular weight is 454 g/mol. The highest BCUT2D eigenvalue weighted by molar-refractivity contribution is 5.89. The molecule has 3 aliphatic heterocycles. The zero-order chi connectivity index (χ0) is 22.8. The Balaban J connectivity index is 1.27. The van der Waals surface area contributed by atoms with Crippen LogP contribution in [0.25, 0.3) is 0 Å². The molecule has 1 unspecified atom stereocenters. The molecule has 0 spiro atoms. The SMILES string of the molecule is COc1cc2c(cc1OCCCN1CCN(C)CC1)N=CN(c1cccc3c1OCO3)C2N. The van der Waals surface area contributed by atoms with Crippen molar-refractivity contribution >= 4 is 17.7 Å². The number of aliphatic imine (C=N–C) groups is 1. The molecule has 3 heterocycles. The molecule has 0 amide bonds. The molecule has 9 nitrogen and oxygen atoms in total. The molecule has 2 aromatic rings. The standard InChI is InChI=1S/C24H31N5O4/c1-27-8-10-28(11-9-27)7-4-12-31-22-14-18-17(13-21(22)30-2)24(25)29(15-26-18)19-5-3-6-20-23(19)33-16-32-20/h3,5-6,13-15,24H,4,7-12,16,25H2,1-2H3. The second-order valence-corrected chi connectivity index (χ2v) is 8.52. The molecule has 0 radical (unpaired) electrons. The maximum Gasteiger partial charge on any atom is 0.231 e. The van der Waals surface area contributed by atoms with E-state index in [-0.39, 0.29) is 6.79 Å². The first kappa shape index (κ1) is 21.8. The highest BCUT2D eigenvalue weighted by atomic mass is 16.7. The van der Waals surface area contributed by atoms with Gasteiger partial charge in [0, 0.05) is 44.4 Å². The predicted molar refractivity (Wildman–Crippen MR) is 127 cm³/mol. The number of likely N-dealkylation sites (N-methyl/N-ethyl adjacent to an activating group) is 1. The van der Waals surface area contributed by atoms with Crippen molar-refractivity contribution in [3.05, 3.63) is 35.9 Å². The minimum atomic E-state index is -0.451. The predicted octanol–water partition coefficient (Wildman–Crippen LogP) is 2.58. The Labute approximate surface area is 194 Å². The number of ether oxygens (including phenoxy) is 4. The zero-order valence-corrected chi connectivity index (χ0v) is 19.2. The number of nitrogens with two attached hydrogens (primary N) is 1. The smallest absolute Gasteiger partial charge is 0.231 e. The molecule has 5 rings (SSSR count). The van der Waals surface area contributed by atoms with Gasteiger partial charge in [-0.15, -0.1) is 0 Å². The number of hydrogen-bond acceptors (Lipinski definition) is 9. The van der Waals surface area contributed by atoms with Crippen molar-refractivity contribution in [3.63, 3.8) is 0 Å². The van der Waals surface area contributed by atoms with Crippen molar-refractivity contribution in [1.29, 1.82) is 0 Å². The van der Waals surface area contributed by atoms with Crippen LogP contribution in [0.15, 0.2) is 35.3 Å². The first-order valence-electron chi connectivity index (χ1n) is 11.4. The summed E-state index contributed by atoms with van der Waals surface area (Å²) in [6.07, 6.45) is 2.24. The summed E-state index contributed by atoms with van der Waals surface area (Å²) in [5.41, 5.74) is 9.09. The Bertz CT molecular complexity index is 1020. The molecular weight excluding hydrogens is 422 g/mol. The molecule has 1 atom stereocenters. The van der Waals surface area contributed by atoms with Gasteiger partial charge in [0.25, 0.3) is 0 Å². The molecule has 2 N–H and O–H groups in total. The van der Waals surface area contributed by atoms with Crippen molar-refractivity contribution in [3.8, 4) is 23.0 Å². The second-order valence-electron chi connectivity index (χ2n) is 8.52. The summed E-state index contributed by atoms with van der Waals surface area (Å²) >= 11 is 0. The number of nitrogens with zero attached hydrogens (tertiary/aromatic N) is 4. The van der Waals surface area contributed by atoms with Gasteiger partial charge in [0.1, 0.15) is 6.17 Å². The molecule has 0 aromatic heterocycles. The van der Waals surface area contributed by atoms with Crippen LogP contribution < -0.4 is 29.6 Å². The fraction of sp³-hybridized carbons (Fsp3) is 0.458. The fourth-order valence-corrected chi connectivity index (χ4v) is 4.40. The number of hydrogen-bond donors (Lipinski definition) is 1. The van der Waals surface area contributed by atoms with Gasteiger partial charge in [-0.25, -0.2) is 4.99 Å². The number of rotatable bonds is 7. The minimum absolute atomic E-state index is 0.201. The molecule has 176 valence electrons. The topological polar surface area (TPSA) is 85.0 Å². The third-order valence-corrected chi connectivity index (χ3v) is 6.38. The van der Waals surface area contributed by atoms with Crippen LogP contribution in [0.2, 0.25) is 0 Å². The van der Waals surface area contributed by atoms with Gasteiger partial charge in [-0.2, -0.15) is 0 Å². The first-order valence-corrected chi connectivity index (χ1v) is 11.4. The van der Waals surface area contributed by atoms with Crippen LogP contribution in [0.5, 0.6) is 23.0 Å². The molecule has 2 aromatic carbocycles. The third-order valence-electron chi connectivity index (χ3n) is 6.38. The van der Waals surface area contributed by atoms with Gasteiger partial charge in [0.05, 0.1) is 31.4 Å². The summed E-state index contributed by atoms with van der Waals surface area (Å²) in [5.74, 6) is 2.72. The number of piperazine rings is 1. The van der Waals surface area contributed by atoms with Crippen LogP contribution in [-0.4, -0.2) is 76.4 Å². The van der Waals surface area contributed by atoms with Gasteiger partial charge in [-0.3, -0.25) is 0 Å². The highest BCUT2D eigenvalue weighted by Crippen LogP contribution is 2.46. The maximum atomic E-state index is 6.64. The first-order chi connectivity index (χ1) is 16.1. The Hall–Kier alpha value is -3.01. The lowest BCUT2D eigenvalue weighted by molar-refractivity contribution is 0.145. The van der Waals surface area contributed by atoms with Crippen LogP contribution in [-0.2, 0) is 0 Å². The van der Waals surface area contributed by atoms with Gasteiger partial charge in [-0.05, 0) is 31.7 Å². The van der Waals surface area contributed by atoms with E-state index in [1.165, 1.54) is 0 Å². The number of para-hydroxylation sites is 1. The summed E-state index contributed by atoms with van der Waals surface area (Å²) in [4.78, 5) is 11.4. The lowest BCUT2D eigenvalue weighted by Gasteiger charge is -2.32. The molecule has 1 fully saturated rings. The minimum Gasteiger partial charge on any atom is -0.493 e. The number of benzene rings is 2. The molecule has 0 aliphatic carbocycles. The Kier molecular flexibility index (Phi) is 6.26. The molecular formula is C24H31N5O4. The summed E-state index contributed by atoms with van der Waals surface area (Å²) < 4.78 is 22.9. The molecule has 9 heteroatoms. The van der Waals surface area contributed by atoms with E-state index in [4.69, 9.17) is 24.7 Å². The monoisotopic (exact) mass is 453 g/mol. The quantitative estimate of drug-likeness (QED) is 0.641. The van der Waals surface area contributed by atoms with E-state index in [2.05, 4.69) is 21.8 Å². The van der Waals surface area contributed by atoms with Gasteiger partial charge in [-0.1, -0.05) is 6.07 Å². The van der Waals surface area contributed by atoms with Crippen LogP contribution in [0.1, 0.15) is 18.2 Å². The van der Waals surface area contributed by atoms with E-state index in [1.54, 1.807) is 13.4 Å². The zero-order valence-electron chi connectivity index (χ0n) is 19.2. The molecule has 0 bridgehead atoms. The van der Waals surface area contributed by atoms with Crippen molar-refractivity contribution in [1.82, 2.24) is 9.80 Å². The summed E-state index contributed by atoms with van der Waals surface area (Å²) in [6, 6.07) is 9.56. The van der Waals surface area contributed by atoms with E-state index in [0.717, 1.165) is 56.1 Å². The van der Waals surface area contributed by atoms with Crippen LogP contribution in [0.3, 0.4) is 0 Å². The van der Waals surface area contributed by atoms with Crippen LogP contribution in [0.4, 0.5) is 11.4 Å². The highest BCUT2D eigenvalue weighted by Gasteiger charge is 2.29. The maximum absolute atomic E-state index is 6.64. The number of fused-ring (bicyclic) bond motifs is 2. The number of methoxy groups -OCH3 is 1. The summed E-state index contributed by atoms with van der Waals surface area (Å²) in [7, 11) is 3.81. The lowest BCUT2D eigenvalue weighted by atomic mass is 10.1. The number of anilines is 1. The van der Waals surface area contributed by atoms with Gasteiger partial charge < -0.3 is 39.4 Å². The molecule has 1 saturated heterocycles. The Morgan fingerprint density at radius 1 is 1.12 bits per heavy atom. The Morgan fingerprint density at radius 3 is 2.79 bits per heavy atom. The van der Waals surface area contributed by atoms with E-state index in [1.807, 2.05) is 35.2 Å². The van der Waals surface area contributed by atoms with Crippen molar-refractivity contribution in [2.24, 2.45) is 10.7 Å². The molecule has 3 aliphatic rings. The van der Waals surface area contributed by atoms with Crippen LogP contribution >= 0.6 is 0 Å². The second kappa shape index (κ2) is 9.46. The largest absolute Gasteiger partial charge is 0.493 e. The lowest BCUT2D eigenvalue weighted by Crippen LogP contribution is -2.44. The van der Waals surface area contributed by atoms with Gasteiger partial charge in [0.2, 0.25) is 6.79 Å². The van der Waals surface area contributed by atoms with E-state index < -0.39 is 6.17 Å².